The summed E-state index contributed by atoms with van der Waals surface area (Å²) in [6.07, 6.45) is 2.55. The second-order valence-corrected chi connectivity index (χ2v) is 8.19. The number of hydrogen-bond donors (Lipinski definition) is 2. The van der Waals surface area contributed by atoms with E-state index in [1.165, 1.54) is 6.92 Å². The van der Waals surface area contributed by atoms with Crippen molar-refractivity contribution in [2.75, 3.05) is 32.1 Å². The average molecular weight is 417 g/mol. The van der Waals surface area contributed by atoms with Crippen molar-refractivity contribution in [1.29, 1.82) is 0 Å². The molecule has 1 fully saturated rings. The molecular weight excluding hydrogens is 388 g/mol. The van der Waals surface area contributed by atoms with Crippen LogP contribution >= 0.6 is 11.3 Å². The van der Waals surface area contributed by atoms with E-state index in [0.29, 0.717) is 37.0 Å². The number of urea groups is 1. The number of rotatable bonds is 6. The maximum atomic E-state index is 12.7. The van der Waals surface area contributed by atoms with Crippen LogP contribution in [0.5, 0.6) is 5.75 Å². The van der Waals surface area contributed by atoms with E-state index in [0.717, 1.165) is 35.5 Å². The number of carbonyl (C=O) groups excluding carboxylic acids is 2. The maximum Gasteiger partial charge on any atom is 0.321 e. The lowest BCUT2D eigenvalue weighted by atomic mass is 9.98. The summed E-state index contributed by atoms with van der Waals surface area (Å²) in [5.41, 5.74) is 2.78. The molecule has 0 aliphatic carbocycles. The zero-order valence-electron chi connectivity index (χ0n) is 17.2. The van der Waals surface area contributed by atoms with Crippen molar-refractivity contribution in [3.63, 3.8) is 0 Å². The second kappa shape index (κ2) is 9.73. The van der Waals surface area contributed by atoms with Gasteiger partial charge in [0, 0.05) is 44.3 Å². The van der Waals surface area contributed by atoms with Gasteiger partial charge >= 0.3 is 6.03 Å². The van der Waals surface area contributed by atoms with Crippen LogP contribution < -0.4 is 15.4 Å². The van der Waals surface area contributed by atoms with Crippen LogP contribution in [-0.2, 0) is 11.2 Å². The van der Waals surface area contributed by atoms with Crippen LogP contribution in [0.2, 0.25) is 0 Å². The molecule has 0 unspecified atom stereocenters. The zero-order valence-corrected chi connectivity index (χ0v) is 18.0. The van der Waals surface area contributed by atoms with Gasteiger partial charge in [-0.25, -0.2) is 9.78 Å². The predicted octanol–water partition coefficient (Wildman–Crippen LogP) is 3.55. The van der Waals surface area contributed by atoms with E-state index in [1.54, 1.807) is 18.4 Å². The number of anilines is 1. The highest BCUT2D eigenvalue weighted by atomic mass is 32.1. The van der Waals surface area contributed by atoms with E-state index in [4.69, 9.17) is 9.72 Å². The van der Waals surface area contributed by atoms with Gasteiger partial charge in [-0.3, -0.25) is 4.79 Å². The van der Waals surface area contributed by atoms with Crippen LogP contribution in [0.1, 0.15) is 41.9 Å². The van der Waals surface area contributed by atoms with Gasteiger partial charge in [-0.15, -0.1) is 11.3 Å². The minimum atomic E-state index is -0.0949. The molecule has 3 rings (SSSR count). The summed E-state index contributed by atoms with van der Waals surface area (Å²) >= 11 is 1.67. The van der Waals surface area contributed by atoms with E-state index in [-0.39, 0.29) is 11.9 Å². The quantitative estimate of drug-likeness (QED) is 0.754. The summed E-state index contributed by atoms with van der Waals surface area (Å²) in [5.74, 6) is 1.02. The Morgan fingerprint density at radius 1 is 1.31 bits per heavy atom. The molecule has 156 valence electrons. The number of aromatic nitrogens is 1. The number of benzene rings is 1. The third-order valence-electron chi connectivity index (χ3n) is 5.05. The smallest absolute Gasteiger partial charge is 0.321 e. The first-order valence-electron chi connectivity index (χ1n) is 9.85. The van der Waals surface area contributed by atoms with E-state index in [2.05, 4.69) is 16.0 Å². The average Bonchev–Trinajstić information content (AvgIpc) is 3.17. The number of piperidine rings is 1. The van der Waals surface area contributed by atoms with Crippen LogP contribution in [0.4, 0.5) is 10.5 Å². The first kappa shape index (κ1) is 21.1. The number of aryl methyl sites for hydroxylation is 1. The Morgan fingerprint density at radius 3 is 2.76 bits per heavy atom. The van der Waals surface area contributed by atoms with Crippen molar-refractivity contribution in [3.05, 3.63) is 39.8 Å². The van der Waals surface area contributed by atoms with Gasteiger partial charge in [0.25, 0.3) is 0 Å². The standard InChI is InChI=1S/C21H28N4O3S/c1-14-4-5-19(28-3)18(12-14)24-21(27)25-10-7-16(8-11-25)20-23-17(13-29-20)6-9-22-15(2)26/h4-5,12-13,16H,6-11H2,1-3H3,(H,22,26)(H,24,27). The summed E-state index contributed by atoms with van der Waals surface area (Å²) in [6.45, 7) is 5.51. The molecule has 1 saturated heterocycles. The molecule has 0 spiro atoms. The summed E-state index contributed by atoms with van der Waals surface area (Å²) in [6, 6.07) is 5.64. The van der Waals surface area contributed by atoms with Crippen LogP contribution in [0.15, 0.2) is 23.6 Å². The second-order valence-electron chi connectivity index (χ2n) is 7.31. The van der Waals surface area contributed by atoms with Crippen molar-refractivity contribution < 1.29 is 14.3 Å². The van der Waals surface area contributed by atoms with Crippen LogP contribution in [0.25, 0.3) is 0 Å². The lowest BCUT2D eigenvalue weighted by Crippen LogP contribution is -2.40. The van der Waals surface area contributed by atoms with E-state index >= 15 is 0 Å². The number of likely N-dealkylation sites (tertiary alicyclic amines) is 1. The van der Waals surface area contributed by atoms with Crippen molar-refractivity contribution in [3.8, 4) is 5.75 Å². The molecule has 1 aromatic heterocycles. The van der Waals surface area contributed by atoms with Crippen LogP contribution in [0, 0.1) is 6.92 Å². The molecule has 2 aromatic rings. The molecule has 3 amide bonds. The molecule has 0 radical (unpaired) electrons. The Balaban J connectivity index is 1.51. The molecule has 1 aliphatic heterocycles. The SMILES string of the molecule is COc1ccc(C)cc1NC(=O)N1CCC(c2nc(CCNC(C)=O)cs2)CC1. The summed E-state index contributed by atoms with van der Waals surface area (Å²) in [7, 11) is 1.60. The third kappa shape index (κ3) is 5.69. The summed E-state index contributed by atoms with van der Waals surface area (Å²) in [5, 5.41) is 8.97. The van der Waals surface area contributed by atoms with Crippen molar-refractivity contribution in [1.82, 2.24) is 15.2 Å². The first-order valence-corrected chi connectivity index (χ1v) is 10.7. The molecule has 29 heavy (non-hydrogen) atoms. The van der Waals surface area contributed by atoms with Gasteiger partial charge in [0.05, 0.1) is 23.5 Å². The Bertz CT molecular complexity index is 859. The van der Waals surface area contributed by atoms with Gasteiger partial charge in [-0.2, -0.15) is 0 Å². The minimum absolute atomic E-state index is 0.0191. The largest absolute Gasteiger partial charge is 0.495 e. The van der Waals surface area contributed by atoms with Gasteiger partial charge in [-0.1, -0.05) is 6.07 Å². The number of carbonyl (C=O) groups is 2. The lowest BCUT2D eigenvalue weighted by Gasteiger charge is -2.31. The first-order chi connectivity index (χ1) is 14.0. The van der Waals surface area contributed by atoms with Gasteiger partial charge < -0.3 is 20.3 Å². The molecule has 0 bridgehead atoms. The number of hydrogen-bond acceptors (Lipinski definition) is 5. The molecule has 8 heteroatoms. The zero-order chi connectivity index (χ0) is 20.8. The highest BCUT2D eigenvalue weighted by Gasteiger charge is 2.26. The number of amides is 3. The highest BCUT2D eigenvalue weighted by molar-refractivity contribution is 7.09. The topological polar surface area (TPSA) is 83.6 Å². The van der Waals surface area contributed by atoms with Gasteiger partial charge in [0.15, 0.2) is 0 Å². The highest BCUT2D eigenvalue weighted by Crippen LogP contribution is 2.31. The molecule has 7 nitrogen and oxygen atoms in total. The molecule has 0 atom stereocenters. The fourth-order valence-electron chi connectivity index (χ4n) is 3.43. The predicted molar refractivity (Wildman–Crippen MR) is 115 cm³/mol. The normalized spacial score (nSPS) is 14.5. The van der Waals surface area contributed by atoms with Gasteiger partial charge in [0.1, 0.15) is 5.75 Å². The molecule has 1 aromatic carbocycles. The Hall–Kier alpha value is -2.61. The molecule has 2 heterocycles. The van der Waals surface area contributed by atoms with Crippen LogP contribution in [-0.4, -0.2) is 48.6 Å². The fourth-order valence-corrected chi connectivity index (χ4v) is 4.46. The number of thiazole rings is 1. The number of methoxy groups -OCH3 is 1. The molecule has 0 saturated carbocycles. The molecule has 2 N–H and O–H groups in total. The van der Waals surface area contributed by atoms with E-state index in [1.807, 2.05) is 30.0 Å². The van der Waals surface area contributed by atoms with Crippen molar-refractivity contribution >= 4 is 29.0 Å². The van der Waals surface area contributed by atoms with Gasteiger partial charge in [0.2, 0.25) is 5.91 Å². The van der Waals surface area contributed by atoms with E-state index in [9.17, 15) is 9.59 Å². The fraction of sp³-hybridized carbons (Fsp3) is 0.476. The van der Waals surface area contributed by atoms with E-state index < -0.39 is 0 Å². The van der Waals surface area contributed by atoms with Crippen molar-refractivity contribution in [2.24, 2.45) is 0 Å². The Kier molecular flexibility index (Phi) is 7.09. The summed E-state index contributed by atoms with van der Waals surface area (Å²) in [4.78, 5) is 30.2. The monoisotopic (exact) mass is 416 g/mol. The molecular formula is C21H28N4O3S. The Labute approximate surface area is 175 Å². The maximum absolute atomic E-state index is 12.7. The number of ether oxygens (including phenoxy) is 1. The number of nitrogens with zero attached hydrogens (tertiary/aromatic N) is 2. The Morgan fingerprint density at radius 2 is 2.07 bits per heavy atom. The molecule has 1 aliphatic rings. The minimum Gasteiger partial charge on any atom is -0.495 e. The number of nitrogens with one attached hydrogen (secondary N) is 2. The third-order valence-corrected chi connectivity index (χ3v) is 6.11. The summed E-state index contributed by atoms with van der Waals surface area (Å²) < 4.78 is 5.34. The lowest BCUT2D eigenvalue weighted by molar-refractivity contribution is -0.118. The van der Waals surface area contributed by atoms with Crippen LogP contribution in [0.3, 0.4) is 0 Å². The van der Waals surface area contributed by atoms with Gasteiger partial charge in [-0.05, 0) is 37.5 Å². The van der Waals surface area contributed by atoms with Crippen molar-refractivity contribution in [2.45, 2.75) is 39.0 Å².